The highest BCUT2D eigenvalue weighted by Crippen LogP contribution is 2.24. The van der Waals surface area contributed by atoms with Gasteiger partial charge in [0, 0.05) is 11.1 Å². The van der Waals surface area contributed by atoms with Gasteiger partial charge in [0.1, 0.15) is 6.04 Å². The average molecular weight is 369 g/mol. The third-order valence-corrected chi connectivity index (χ3v) is 4.44. The van der Waals surface area contributed by atoms with Crippen LogP contribution in [-0.4, -0.2) is 16.0 Å². The van der Waals surface area contributed by atoms with Gasteiger partial charge in [-0.1, -0.05) is 83.5 Å². The van der Waals surface area contributed by atoms with Gasteiger partial charge < -0.3 is 9.84 Å². The SMILES string of the molecule is Cc1ccc(C(=O)NC(c2ccccc2)c2nc(-c3ccccc3)no2)cc1. The van der Waals surface area contributed by atoms with Crippen molar-refractivity contribution in [3.8, 4) is 11.4 Å². The first kappa shape index (κ1) is 17.7. The van der Waals surface area contributed by atoms with Crippen LogP contribution in [0.2, 0.25) is 0 Å². The molecule has 0 aliphatic heterocycles. The van der Waals surface area contributed by atoms with Crippen molar-refractivity contribution in [3.63, 3.8) is 0 Å². The fourth-order valence-corrected chi connectivity index (χ4v) is 2.91. The van der Waals surface area contributed by atoms with E-state index in [1.54, 1.807) is 12.1 Å². The summed E-state index contributed by atoms with van der Waals surface area (Å²) >= 11 is 0. The number of carbonyl (C=O) groups is 1. The van der Waals surface area contributed by atoms with E-state index in [1.807, 2.05) is 79.7 Å². The highest BCUT2D eigenvalue weighted by molar-refractivity contribution is 5.94. The Morgan fingerprint density at radius 3 is 2.21 bits per heavy atom. The molecule has 1 N–H and O–H groups in total. The summed E-state index contributed by atoms with van der Waals surface area (Å²) in [5, 5.41) is 7.10. The van der Waals surface area contributed by atoms with Crippen LogP contribution in [0, 0.1) is 6.92 Å². The molecule has 0 aliphatic rings. The summed E-state index contributed by atoms with van der Waals surface area (Å²) in [5.41, 5.74) is 3.40. The Bertz CT molecular complexity index is 1060. The van der Waals surface area contributed by atoms with Gasteiger partial charge in [0.2, 0.25) is 5.82 Å². The van der Waals surface area contributed by atoms with Gasteiger partial charge in [0.15, 0.2) is 0 Å². The van der Waals surface area contributed by atoms with Crippen LogP contribution in [0.5, 0.6) is 0 Å². The van der Waals surface area contributed by atoms with E-state index in [0.29, 0.717) is 17.3 Å². The van der Waals surface area contributed by atoms with Gasteiger partial charge in [-0.2, -0.15) is 4.98 Å². The van der Waals surface area contributed by atoms with Gasteiger partial charge in [-0.05, 0) is 24.6 Å². The Balaban J connectivity index is 1.66. The Morgan fingerprint density at radius 1 is 0.893 bits per heavy atom. The number of aryl methyl sites for hydroxylation is 1. The molecule has 5 nitrogen and oxygen atoms in total. The second-order valence-electron chi connectivity index (χ2n) is 6.51. The van der Waals surface area contributed by atoms with E-state index in [0.717, 1.165) is 16.7 Å². The van der Waals surface area contributed by atoms with Gasteiger partial charge in [-0.25, -0.2) is 0 Å². The maximum absolute atomic E-state index is 12.8. The first-order valence-corrected chi connectivity index (χ1v) is 9.02. The molecular weight excluding hydrogens is 350 g/mol. The molecule has 138 valence electrons. The lowest BCUT2D eigenvalue weighted by atomic mass is 10.1. The molecule has 0 spiro atoms. The molecular formula is C23H19N3O2. The van der Waals surface area contributed by atoms with E-state index in [1.165, 1.54) is 0 Å². The molecule has 1 heterocycles. The van der Waals surface area contributed by atoms with Crippen molar-refractivity contribution in [3.05, 3.63) is 108 Å². The summed E-state index contributed by atoms with van der Waals surface area (Å²) in [6.07, 6.45) is 0. The number of amides is 1. The van der Waals surface area contributed by atoms with Crippen molar-refractivity contribution in [1.29, 1.82) is 0 Å². The predicted octanol–water partition coefficient (Wildman–Crippen LogP) is 4.56. The number of aromatic nitrogens is 2. The van der Waals surface area contributed by atoms with Crippen LogP contribution >= 0.6 is 0 Å². The maximum atomic E-state index is 12.8. The number of nitrogens with one attached hydrogen (secondary N) is 1. The van der Waals surface area contributed by atoms with Crippen molar-refractivity contribution >= 4 is 5.91 Å². The summed E-state index contributed by atoms with van der Waals surface area (Å²) in [7, 11) is 0. The number of rotatable bonds is 5. The molecule has 3 aromatic carbocycles. The largest absolute Gasteiger partial charge is 0.336 e. The first-order valence-electron chi connectivity index (χ1n) is 9.02. The third-order valence-electron chi connectivity index (χ3n) is 4.44. The molecule has 0 radical (unpaired) electrons. The summed E-state index contributed by atoms with van der Waals surface area (Å²) in [6.45, 7) is 1.98. The van der Waals surface area contributed by atoms with Crippen LogP contribution in [0.4, 0.5) is 0 Å². The number of carbonyl (C=O) groups excluding carboxylic acids is 1. The van der Waals surface area contributed by atoms with Gasteiger partial charge >= 0.3 is 0 Å². The average Bonchev–Trinajstić information content (AvgIpc) is 3.23. The molecule has 1 unspecified atom stereocenters. The first-order chi connectivity index (χ1) is 13.7. The van der Waals surface area contributed by atoms with E-state index in [-0.39, 0.29) is 5.91 Å². The minimum atomic E-state index is -0.542. The van der Waals surface area contributed by atoms with Gasteiger partial charge in [-0.15, -0.1) is 0 Å². The van der Waals surface area contributed by atoms with Crippen molar-refractivity contribution < 1.29 is 9.32 Å². The normalized spacial score (nSPS) is 11.8. The zero-order chi connectivity index (χ0) is 19.3. The molecule has 0 saturated heterocycles. The number of nitrogens with zero attached hydrogens (tertiary/aromatic N) is 2. The fourth-order valence-electron chi connectivity index (χ4n) is 2.91. The molecule has 0 aliphatic carbocycles. The topological polar surface area (TPSA) is 68.0 Å². The van der Waals surface area contributed by atoms with Gasteiger partial charge in [0.05, 0.1) is 0 Å². The molecule has 0 saturated carbocycles. The Hall–Kier alpha value is -3.73. The van der Waals surface area contributed by atoms with Crippen molar-refractivity contribution in [2.24, 2.45) is 0 Å². The lowest BCUT2D eigenvalue weighted by molar-refractivity contribution is 0.0936. The van der Waals surface area contributed by atoms with Crippen LogP contribution in [0.1, 0.15) is 33.4 Å². The third kappa shape index (κ3) is 3.83. The smallest absolute Gasteiger partial charge is 0.254 e. The molecule has 4 rings (SSSR count). The van der Waals surface area contributed by atoms with Gasteiger partial charge in [0.25, 0.3) is 11.8 Å². The van der Waals surface area contributed by atoms with Crippen LogP contribution in [-0.2, 0) is 0 Å². The predicted molar refractivity (Wildman–Crippen MR) is 107 cm³/mol. The summed E-state index contributed by atoms with van der Waals surface area (Å²) in [4.78, 5) is 17.3. The highest BCUT2D eigenvalue weighted by Gasteiger charge is 2.24. The number of hydrogen-bond acceptors (Lipinski definition) is 4. The zero-order valence-electron chi connectivity index (χ0n) is 15.4. The van der Waals surface area contributed by atoms with Crippen LogP contribution < -0.4 is 5.32 Å². The van der Waals surface area contributed by atoms with E-state index in [4.69, 9.17) is 4.52 Å². The molecule has 5 heteroatoms. The molecule has 1 atom stereocenters. The lowest BCUT2D eigenvalue weighted by Gasteiger charge is -2.15. The molecule has 0 bridgehead atoms. The summed E-state index contributed by atoms with van der Waals surface area (Å²) in [6, 6.07) is 26.1. The molecule has 1 amide bonds. The Labute approximate surface area is 163 Å². The second kappa shape index (κ2) is 7.88. The Kier molecular flexibility index (Phi) is 4.97. The van der Waals surface area contributed by atoms with Crippen molar-refractivity contribution in [2.75, 3.05) is 0 Å². The lowest BCUT2D eigenvalue weighted by Crippen LogP contribution is -2.29. The van der Waals surface area contributed by atoms with Crippen molar-refractivity contribution in [1.82, 2.24) is 15.5 Å². The molecule has 4 aromatic rings. The minimum Gasteiger partial charge on any atom is -0.336 e. The Morgan fingerprint density at radius 2 is 1.54 bits per heavy atom. The quantitative estimate of drug-likeness (QED) is 0.560. The number of benzene rings is 3. The van der Waals surface area contributed by atoms with E-state index in [2.05, 4.69) is 15.5 Å². The summed E-state index contributed by atoms with van der Waals surface area (Å²) in [5.74, 6) is 0.625. The molecule has 28 heavy (non-hydrogen) atoms. The maximum Gasteiger partial charge on any atom is 0.254 e. The standard InChI is InChI=1S/C23H19N3O2/c1-16-12-14-19(15-13-16)22(27)24-20(17-8-4-2-5-9-17)23-25-21(26-28-23)18-10-6-3-7-11-18/h2-15,20H,1H3,(H,24,27). The minimum absolute atomic E-state index is 0.201. The molecule has 1 aromatic heterocycles. The van der Waals surface area contributed by atoms with Gasteiger partial charge in [-0.3, -0.25) is 4.79 Å². The fraction of sp³-hybridized carbons (Fsp3) is 0.0870. The van der Waals surface area contributed by atoms with Crippen LogP contribution in [0.25, 0.3) is 11.4 Å². The van der Waals surface area contributed by atoms with Crippen LogP contribution in [0.15, 0.2) is 89.5 Å². The van der Waals surface area contributed by atoms with E-state index < -0.39 is 6.04 Å². The van der Waals surface area contributed by atoms with Crippen molar-refractivity contribution in [2.45, 2.75) is 13.0 Å². The monoisotopic (exact) mass is 369 g/mol. The zero-order valence-corrected chi connectivity index (χ0v) is 15.4. The highest BCUT2D eigenvalue weighted by atomic mass is 16.5. The number of hydrogen-bond donors (Lipinski definition) is 1. The molecule has 0 fully saturated rings. The summed E-state index contributed by atoms with van der Waals surface area (Å²) < 4.78 is 5.52. The second-order valence-corrected chi connectivity index (χ2v) is 6.51. The van der Waals surface area contributed by atoms with Crippen LogP contribution in [0.3, 0.4) is 0 Å². The van der Waals surface area contributed by atoms with E-state index >= 15 is 0 Å². The van der Waals surface area contributed by atoms with E-state index in [9.17, 15) is 4.79 Å².